The number of hydrogen-bond acceptors (Lipinski definition) is 3. The second kappa shape index (κ2) is 6.66. The van der Waals surface area contributed by atoms with Crippen molar-refractivity contribution in [3.05, 3.63) is 35.4 Å². The van der Waals surface area contributed by atoms with E-state index in [-0.39, 0.29) is 11.5 Å². The Balaban J connectivity index is 1.80. The van der Waals surface area contributed by atoms with Crippen molar-refractivity contribution in [2.24, 2.45) is 5.92 Å². The lowest BCUT2D eigenvalue weighted by atomic mass is 9.91. The summed E-state index contributed by atoms with van der Waals surface area (Å²) >= 11 is 0. The van der Waals surface area contributed by atoms with Gasteiger partial charge in [-0.3, -0.25) is 14.5 Å². The Morgan fingerprint density at radius 1 is 1.35 bits per heavy atom. The molecular weight excluding hydrogens is 344 g/mol. The van der Waals surface area contributed by atoms with E-state index in [9.17, 15) is 23.2 Å². The zero-order valence-corrected chi connectivity index (χ0v) is 14.7. The first-order valence-corrected chi connectivity index (χ1v) is 8.60. The van der Waals surface area contributed by atoms with Gasteiger partial charge in [0.2, 0.25) is 5.91 Å². The van der Waals surface area contributed by atoms with Crippen molar-refractivity contribution in [1.29, 1.82) is 0 Å². The topological polar surface area (TPSA) is 69.7 Å². The third-order valence-electron chi connectivity index (χ3n) is 5.05. The number of urea groups is 1. The number of amides is 4. The van der Waals surface area contributed by atoms with Crippen LogP contribution in [0.1, 0.15) is 32.3 Å². The van der Waals surface area contributed by atoms with Crippen LogP contribution in [0.5, 0.6) is 0 Å². The molecule has 6 nitrogen and oxygen atoms in total. The molecule has 1 aromatic rings. The van der Waals surface area contributed by atoms with E-state index in [1.165, 1.54) is 6.92 Å². The molecule has 0 aromatic heterocycles. The molecule has 1 aromatic carbocycles. The van der Waals surface area contributed by atoms with Crippen molar-refractivity contribution in [2.75, 3.05) is 19.6 Å². The molecule has 140 valence electrons. The summed E-state index contributed by atoms with van der Waals surface area (Å²) < 4.78 is 27.6. The lowest BCUT2D eigenvalue weighted by Crippen LogP contribution is -2.47. The van der Waals surface area contributed by atoms with Crippen LogP contribution in [-0.4, -0.2) is 47.3 Å². The van der Waals surface area contributed by atoms with Gasteiger partial charge in [-0.2, -0.15) is 0 Å². The number of halogens is 2. The minimum atomic E-state index is -1.75. The van der Waals surface area contributed by atoms with Crippen molar-refractivity contribution in [3.8, 4) is 0 Å². The van der Waals surface area contributed by atoms with Gasteiger partial charge in [0.25, 0.3) is 5.91 Å². The van der Waals surface area contributed by atoms with Crippen LogP contribution >= 0.6 is 0 Å². The number of imide groups is 1. The average Bonchev–Trinajstić information content (AvgIpc) is 2.81. The monoisotopic (exact) mass is 365 g/mol. The maximum absolute atomic E-state index is 14.1. The van der Waals surface area contributed by atoms with Crippen molar-refractivity contribution in [3.63, 3.8) is 0 Å². The highest BCUT2D eigenvalue weighted by Gasteiger charge is 2.51. The minimum absolute atomic E-state index is 0.266. The summed E-state index contributed by atoms with van der Waals surface area (Å²) in [6, 6.07) is 1.92. The largest absolute Gasteiger partial charge is 0.341 e. The zero-order valence-electron chi connectivity index (χ0n) is 14.7. The molecular formula is C18H21F2N3O3. The fraction of sp³-hybridized carbons (Fsp3) is 0.500. The smallest absolute Gasteiger partial charge is 0.325 e. The van der Waals surface area contributed by atoms with Gasteiger partial charge in [0.15, 0.2) is 0 Å². The van der Waals surface area contributed by atoms with E-state index in [0.717, 1.165) is 35.9 Å². The Kier molecular flexibility index (Phi) is 4.68. The third-order valence-corrected chi connectivity index (χ3v) is 5.05. The normalized spacial score (nSPS) is 26.2. The van der Waals surface area contributed by atoms with Gasteiger partial charge >= 0.3 is 6.03 Å². The molecule has 2 fully saturated rings. The molecule has 2 atom stereocenters. The fourth-order valence-electron chi connectivity index (χ4n) is 3.55. The van der Waals surface area contributed by atoms with E-state index in [1.807, 2.05) is 6.92 Å². The lowest BCUT2D eigenvalue weighted by Gasteiger charge is -2.31. The maximum atomic E-state index is 14.1. The molecule has 0 aliphatic carbocycles. The zero-order chi connectivity index (χ0) is 19.1. The summed E-state index contributed by atoms with van der Waals surface area (Å²) in [6.07, 6.45) is 1.91. The molecule has 1 N–H and O–H groups in total. The van der Waals surface area contributed by atoms with Gasteiger partial charge in [0.1, 0.15) is 23.7 Å². The Morgan fingerprint density at radius 3 is 2.77 bits per heavy atom. The SMILES string of the molecule is C[C@H]1CCCN(C(=O)CN2C(=O)N[C@](C)(c3cc(F)ccc3F)C2=O)C1. The number of piperidine rings is 1. The van der Waals surface area contributed by atoms with E-state index >= 15 is 0 Å². The summed E-state index contributed by atoms with van der Waals surface area (Å²) in [5, 5.41) is 2.39. The van der Waals surface area contributed by atoms with E-state index in [1.54, 1.807) is 4.90 Å². The summed E-state index contributed by atoms with van der Waals surface area (Å²) in [4.78, 5) is 39.9. The van der Waals surface area contributed by atoms with Crippen LogP contribution in [0, 0.1) is 17.6 Å². The van der Waals surface area contributed by atoms with Crippen molar-refractivity contribution >= 4 is 17.8 Å². The third kappa shape index (κ3) is 3.15. The van der Waals surface area contributed by atoms with E-state index in [0.29, 0.717) is 19.0 Å². The highest BCUT2D eigenvalue weighted by atomic mass is 19.1. The Hall–Kier alpha value is -2.51. The van der Waals surface area contributed by atoms with Crippen LogP contribution in [-0.2, 0) is 15.1 Å². The molecule has 2 aliphatic heterocycles. The number of carbonyl (C=O) groups excluding carboxylic acids is 3. The quantitative estimate of drug-likeness (QED) is 0.833. The molecule has 2 heterocycles. The predicted molar refractivity (Wildman–Crippen MR) is 88.9 cm³/mol. The standard InChI is InChI=1S/C18H21F2N3O3/c1-11-4-3-7-22(9-11)15(24)10-23-16(25)18(2,21-17(23)26)13-8-12(19)5-6-14(13)20/h5-6,8,11H,3-4,7,9-10H2,1-2H3,(H,21,26)/t11-,18+/m0/s1. The number of rotatable bonds is 3. The van der Waals surface area contributed by atoms with Gasteiger partial charge in [0, 0.05) is 18.7 Å². The maximum Gasteiger partial charge on any atom is 0.325 e. The first-order chi connectivity index (χ1) is 12.2. The number of hydrogen-bond donors (Lipinski definition) is 1. The van der Waals surface area contributed by atoms with Crippen LogP contribution in [0.2, 0.25) is 0 Å². The highest BCUT2D eigenvalue weighted by molar-refractivity contribution is 6.09. The van der Waals surface area contributed by atoms with Crippen LogP contribution in [0.15, 0.2) is 18.2 Å². The molecule has 4 amide bonds. The Morgan fingerprint density at radius 2 is 2.08 bits per heavy atom. The van der Waals surface area contributed by atoms with E-state index < -0.39 is 35.7 Å². The molecule has 0 spiro atoms. The Bertz CT molecular complexity index is 770. The average molecular weight is 365 g/mol. The molecule has 0 bridgehead atoms. The van der Waals surface area contributed by atoms with Gasteiger partial charge in [-0.15, -0.1) is 0 Å². The van der Waals surface area contributed by atoms with Crippen molar-refractivity contribution in [1.82, 2.24) is 15.1 Å². The first kappa shape index (κ1) is 18.3. The van der Waals surface area contributed by atoms with E-state index in [2.05, 4.69) is 5.32 Å². The number of benzene rings is 1. The van der Waals surface area contributed by atoms with Gasteiger partial charge in [-0.05, 0) is 43.9 Å². The molecule has 0 radical (unpaired) electrons. The van der Waals surface area contributed by atoms with E-state index in [4.69, 9.17) is 0 Å². The molecule has 2 aliphatic rings. The van der Waals surface area contributed by atoms with Gasteiger partial charge in [0.05, 0.1) is 0 Å². The molecule has 0 unspecified atom stereocenters. The van der Waals surface area contributed by atoms with Crippen LogP contribution in [0.25, 0.3) is 0 Å². The van der Waals surface area contributed by atoms with Crippen LogP contribution < -0.4 is 5.32 Å². The fourth-order valence-corrected chi connectivity index (χ4v) is 3.55. The molecule has 8 heteroatoms. The number of likely N-dealkylation sites (tertiary alicyclic amines) is 1. The van der Waals surface area contributed by atoms with Crippen LogP contribution in [0.4, 0.5) is 13.6 Å². The van der Waals surface area contributed by atoms with Gasteiger partial charge < -0.3 is 10.2 Å². The van der Waals surface area contributed by atoms with Gasteiger partial charge in [-0.25, -0.2) is 13.6 Å². The summed E-state index contributed by atoms with van der Waals surface area (Å²) in [5.74, 6) is -2.26. The van der Waals surface area contributed by atoms with Crippen molar-refractivity contribution in [2.45, 2.75) is 32.2 Å². The number of nitrogens with one attached hydrogen (secondary N) is 1. The second-order valence-electron chi connectivity index (χ2n) is 7.16. The molecule has 26 heavy (non-hydrogen) atoms. The summed E-state index contributed by atoms with van der Waals surface area (Å²) in [6.45, 7) is 4.10. The summed E-state index contributed by atoms with van der Waals surface area (Å²) in [5.41, 5.74) is -2.02. The van der Waals surface area contributed by atoms with Crippen LogP contribution in [0.3, 0.4) is 0 Å². The first-order valence-electron chi connectivity index (χ1n) is 8.60. The predicted octanol–water partition coefficient (Wildman–Crippen LogP) is 1.99. The molecule has 3 rings (SSSR count). The number of nitrogens with zero attached hydrogens (tertiary/aromatic N) is 2. The van der Waals surface area contributed by atoms with Gasteiger partial charge in [-0.1, -0.05) is 6.92 Å². The van der Waals surface area contributed by atoms with Crippen molar-refractivity contribution < 1.29 is 23.2 Å². The molecule has 2 saturated heterocycles. The molecule has 0 saturated carbocycles. The highest BCUT2D eigenvalue weighted by Crippen LogP contribution is 2.31. The number of carbonyl (C=O) groups is 3. The summed E-state index contributed by atoms with van der Waals surface area (Å²) in [7, 11) is 0. The second-order valence-corrected chi connectivity index (χ2v) is 7.16. The minimum Gasteiger partial charge on any atom is -0.341 e. The Labute approximate surface area is 150 Å². The lowest BCUT2D eigenvalue weighted by molar-refractivity contribution is -0.139.